The van der Waals surface area contributed by atoms with Crippen LogP contribution < -0.4 is 0 Å². The van der Waals surface area contributed by atoms with Crippen molar-refractivity contribution in [3.63, 3.8) is 0 Å². The lowest BCUT2D eigenvalue weighted by Gasteiger charge is -2.23. The number of carbonyl (C=O) groups is 1. The molecule has 8 heteroatoms. The molecule has 2 aromatic carbocycles. The van der Waals surface area contributed by atoms with Crippen molar-refractivity contribution in [3.8, 4) is 22.4 Å². The molecule has 0 radical (unpaired) electrons. The number of nitrogens with zero attached hydrogens (tertiary/aromatic N) is 1. The van der Waals surface area contributed by atoms with Crippen LogP contribution in [0.15, 0.2) is 61.2 Å². The number of aliphatic hydroxyl groups is 1. The van der Waals surface area contributed by atoms with Crippen molar-refractivity contribution in [2.75, 3.05) is 6.16 Å². The summed E-state index contributed by atoms with van der Waals surface area (Å²) in [5, 5.41) is 9.86. The van der Waals surface area contributed by atoms with Crippen LogP contribution in [0.5, 0.6) is 0 Å². The molecule has 0 saturated carbocycles. The van der Waals surface area contributed by atoms with Crippen molar-refractivity contribution in [3.05, 3.63) is 83.8 Å². The van der Waals surface area contributed by atoms with Gasteiger partial charge in [-0.05, 0) is 46.2 Å². The minimum atomic E-state index is -2.59. The maximum Gasteiger partial charge on any atom is 0.508 e. The van der Waals surface area contributed by atoms with Crippen molar-refractivity contribution in [1.82, 2.24) is 4.98 Å². The second kappa shape index (κ2) is 11.5. The van der Waals surface area contributed by atoms with E-state index < -0.39 is 32.7 Å². The number of aromatic nitrogens is 1. The van der Waals surface area contributed by atoms with Gasteiger partial charge < -0.3 is 9.84 Å². The largest absolute Gasteiger partial charge is 0.508 e. The van der Waals surface area contributed by atoms with E-state index in [1.807, 2.05) is 51.1 Å². The average Bonchev–Trinajstić information content (AvgIpc) is 2.79. The standard InChI is InChI=1S/C27H27FNO5P/c1-16(2)26-25(18(4)34-23(31)14-22(30)15-35(32)33)24(19-10-12-21(28)13-11-19)17(3)27(29-26)20-8-6-5-7-9-20/h5-13,16,22,30H,4,14-15H2,1-3H3/p+1. The monoisotopic (exact) mass is 496 g/mol. The van der Waals surface area contributed by atoms with Crippen molar-refractivity contribution in [1.29, 1.82) is 0 Å². The fraction of sp³-hybridized carbons (Fsp3) is 0.259. The molecule has 0 amide bonds. The van der Waals surface area contributed by atoms with Gasteiger partial charge in [-0.3, -0.25) is 9.78 Å². The molecule has 2 unspecified atom stereocenters. The molecule has 1 aromatic heterocycles. The molecule has 3 rings (SSSR count). The maximum absolute atomic E-state index is 13.7. The minimum Gasteiger partial charge on any atom is -0.426 e. The normalized spacial score (nSPS) is 12.4. The Labute approximate surface area is 205 Å². The topological polar surface area (TPSA) is 96.7 Å². The van der Waals surface area contributed by atoms with Gasteiger partial charge in [-0.2, -0.15) is 4.89 Å². The molecule has 2 atom stereocenters. The smallest absolute Gasteiger partial charge is 0.426 e. The number of carbonyl (C=O) groups excluding carboxylic acids is 1. The Morgan fingerprint density at radius 3 is 2.31 bits per heavy atom. The van der Waals surface area contributed by atoms with E-state index in [4.69, 9.17) is 14.6 Å². The predicted molar refractivity (Wildman–Crippen MR) is 134 cm³/mol. The summed E-state index contributed by atoms with van der Waals surface area (Å²) in [6, 6.07) is 15.7. The van der Waals surface area contributed by atoms with Gasteiger partial charge in [0.25, 0.3) is 0 Å². The highest BCUT2D eigenvalue weighted by atomic mass is 31.1. The van der Waals surface area contributed by atoms with Crippen LogP contribution in [0.1, 0.15) is 43.0 Å². The summed E-state index contributed by atoms with van der Waals surface area (Å²) in [7, 11) is -2.59. The minimum absolute atomic E-state index is 0.0359. The Morgan fingerprint density at radius 1 is 1.11 bits per heavy atom. The fourth-order valence-electron chi connectivity index (χ4n) is 3.92. The molecule has 182 valence electrons. The van der Waals surface area contributed by atoms with Gasteiger partial charge in [0.1, 0.15) is 17.7 Å². The number of rotatable bonds is 9. The maximum atomic E-state index is 13.7. The summed E-state index contributed by atoms with van der Waals surface area (Å²) < 4.78 is 30.2. The number of halogens is 1. The number of aliphatic hydroxyl groups excluding tert-OH is 1. The van der Waals surface area contributed by atoms with Crippen LogP contribution in [0.2, 0.25) is 0 Å². The van der Waals surface area contributed by atoms with E-state index >= 15 is 0 Å². The van der Waals surface area contributed by atoms with Gasteiger partial charge in [0.15, 0.2) is 0 Å². The van der Waals surface area contributed by atoms with E-state index in [0.29, 0.717) is 22.4 Å². The molecule has 0 bridgehead atoms. The Hall–Kier alpha value is -3.25. The number of hydrogen-bond acceptors (Lipinski definition) is 5. The first-order valence-corrected chi connectivity index (χ1v) is 12.6. The summed E-state index contributed by atoms with van der Waals surface area (Å²) in [4.78, 5) is 26.4. The van der Waals surface area contributed by atoms with Gasteiger partial charge in [0, 0.05) is 11.1 Å². The average molecular weight is 496 g/mol. The Morgan fingerprint density at radius 2 is 1.74 bits per heavy atom. The SMILES string of the molecule is C=C(OC(=O)CC(O)C[P+](=O)O)c1c(C(C)C)nc(-c2ccccc2)c(C)c1-c1ccc(F)cc1. The lowest BCUT2D eigenvalue weighted by Crippen LogP contribution is -2.18. The summed E-state index contributed by atoms with van der Waals surface area (Å²) in [6.45, 7) is 9.80. The summed E-state index contributed by atoms with van der Waals surface area (Å²) in [5.41, 5.74) is 5.03. The first-order chi connectivity index (χ1) is 16.6. The van der Waals surface area contributed by atoms with E-state index in [-0.39, 0.29) is 17.5 Å². The molecule has 0 aliphatic carbocycles. The molecular formula is C27H28FNO5P+. The predicted octanol–water partition coefficient (Wildman–Crippen LogP) is 5.99. The number of pyridine rings is 1. The summed E-state index contributed by atoms with van der Waals surface area (Å²) >= 11 is 0. The number of benzene rings is 2. The Kier molecular flexibility index (Phi) is 8.62. The first-order valence-electron chi connectivity index (χ1n) is 11.2. The van der Waals surface area contributed by atoms with E-state index in [1.54, 1.807) is 12.1 Å². The molecule has 0 aliphatic rings. The van der Waals surface area contributed by atoms with Gasteiger partial charge in [-0.1, -0.05) is 62.9 Å². The van der Waals surface area contributed by atoms with Crippen LogP contribution in [0.25, 0.3) is 28.1 Å². The third-order valence-corrected chi connectivity index (χ3v) is 6.21. The van der Waals surface area contributed by atoms with Gasteiger partial charge >= 0.3 is 14.0 Å². The number of ether oxygens (including phenoxy) is 1. The zero-order chi connectivity index (χ0) is 25.7. The summed E-state index contributed by atoms with van der Waals surface area (Å²) in [5.74, 6) is -1.21. The number of esters is 1. The van der Waals surface area contributed by atoms with Gasteiger partial charge in [0.05, 0.1) is 17.8 Å². The van der Waals surface area contributed by atoms with Crippen LogP contribution in [0.3, 0.4) is 0 Å². The zero-order valence-electron chi connectivity index (χ0n) is 19.9. The molecule has 2 N–H and O–H groups in total. The molecule has 3 aromatic rings. The number of hydrogen-bond donors (Lipinski definition) is 2. The summed E-state index contributed by atoms with van der Waals surface area (Å²) in [6.07, 6.45) is -2.20. The van der Waals surface area contributed by atoms with Crippen molar-refractivity contribution >= 4 is 19.8 Å². The Balaban J connectivity index is 2.16. The van der Waals surface area contributed by atoms with Crippen LogP contribution in [0, 0.1) is 12.7 Å². The van der Waals surface area contributed by atoms with Crippen LogP contribution in [-0.2, 0) is 14.1 Å². The van der Waals surface area contributed by atoms with Crippen LogP contribution in [-0.4, -0.2) is 33.2 Å². The highest BCUT2D eigenvalue weighted by Crippen LogP contribution is 2.40. The molecule has 35 heavy (non-hydrogen) atoms. The molecule has 0 saturated heterocycles. The quantitative estimate of drug-likeness (QED) is 0.215. The fourth-order valence-corrected chi connectivity index (χ4v) is 4.41. The van der Waals surface area contributed by atoms with E-state index in [1.165, 1.54) is 12.1 Å². The van der Waals surface area contributed by atoms with Crippen molar-refractivity contribution < 1.29 is 28.5 Å². The lowest BCUT2D eigenvalue weighted by atomic mass is 9.88. The highest BCUT2D eigenvalue weighted by Gasteiger charge is 2.27. The molecule has 6 nitrogen and oxygen atoms in total. The van der Waals surface area contributed by atoms with Gasteiger partial charge in [-0.25, -0.2) is 4.39 Å². The van der Waals surface area contributed by atoms with Crippen LogP contribution >= 0.6 is 8.03 Å². The van der Waals surface area contributed by atoms with E-state index in [0.717, 1.165) is 16.8 Å². The molecule has 0 spiro atoms. The molecule has 1 heterocycles. The van der Waals surface area contributed by atoms with Crippen molar-refractivity contribution in [2.24, 2.45) is 0 Å². The Bertz CT molecular complexity index is 1240. The molecular weight excluding hydrogens is 468 g/mol. The second-order valence-corrected chi connectivity index (χ2v) is 9.61. The first kappa shape index (κ1) is 26.4. The molecule has 0 aliphatic heterocycles. The van der Waals surface area contributed by atoms with Crippen LogP contribution in [0.4, 0.5) is 4.39 Å². The highest BCUT2D eigenvalue weighted by molar-refractivity contribution is 7.38. The molecule has 0 fully saturated rings. The lowest BCUT2D eigenvalue weighted by molar-refractivity contribution is -0.138. The third kappa shape index (κ3) is 6.45. The van der Waals surface area contributed by atoms with E-state index in [2.05, 4.69) is 6.58 Å². The third-order valence-electron chi connectivity index (χ3n) is 5.48. The van der Waals surface area contributed by atoms with Gasteiger partial charge in [-0.15, -0.1) is 0 Å². The van der Waals surface area contributed by atoms with Gasteiger partial charge in [0.2, 0.25) is 6.16 Å². The second-order valence-electron chi connectivity index (χ2n) is 8.54. The zero-order valence-corrected chi connectivity index (χ0v) is 20.8. The van der Waals surface area contributed by atoms with E-state index in [9.17, 15) is 18.9 Å². The van der Waals surface area contributed by atoms with Crippen molar-refractivity contribution in [2.45, 2.75) is 39.2 Å².